The summed E-state index contributed by atoms with van der Waals surface area (Å²) in [4.78, 5) is 17.3. The molecule has 0 aliphatic heterocycles. The van der Waals surface area contributed by atoms with Gasteiger partial charge in [0.25, 0.3) is 5.91 Å². The molecule has 0 unspecified atom stereocenters. The summed E-state index contributed by atoms with van der Waals surface area (Å²) in [5.74, 6) is 3.89. The van der Waals surface area contributed by atoms with Crippen molar-refractivity contribution >= 4 is 39.2 Å². The van der Waals surface area contributed by atoms with Crippen LogP contribution < -0.4 is 5.32 Å². The van der Waals surface area contributed by atoms with Gasteiger partial charge in [0.2, 0.25) is 0 Å². The molecule has 2 fully saturated rings. The van der Waals surface area contributed by atoms with E-state index in [-0.39, 0.29) is 16.1 Å². The second kappa shape index (κ2) is 6.93. The van der Waals surface area contributed by atoms with E-state index in [9.17, 15) is 4.79 Å². The van der Waals surface area contributed by atoms with Crippen molar-refractivity contribution < 1.29 is 9.21 Å². The van der Waals surface area contributed by atoms with E-state index in [1.54, 1.807) is 29.2 Å². The topological polar surface area (TPSA) is 55.1 Å². The van der Waals surface area contributed by atoms with Crippen LogP contribution in [0, 0.1) is 12.3 Å². The normalized spacial score (nSPS) is 18.3. The highest BCUT2D eigenvalue weighted by Gasteiger charge is 2.47. The monoisotopic (exact) mass is 422 g/mol. The van der Waals surface area contributed by atoms with Gasteiger partial charge < -0.3 is 9.73 Å². The number of furan rings is 1. The number of carbonyl (C=O) groups excluding carboxylic acids is 1. The lowest BCUT2D eigenvalue weighted by Gasteiger charge is -2.12. The van der Waals surface area contributed by atoms with E-state index >= 15 is 0 Å². The van der Waals surface area contributed by atoms with Crippen LogP contribution in [0.3, 0.4) is 0 Å². The highest BCUT2D eigenvalue weighted by molar-refractivity contribution is 7.99. The van der Waals surface area contributed by atoms with Crippen molar-refractivity contribution in [1.82, 2.24) is 10.3 Å². The standard InChI is InChI=1S/C23H22N2O2S2/c1-3-15-4-5-16-18(14-15)29-21(25-16)22(8-9-22)12-13-24-20(26)17-6-7-19(27-17)23(28-2)10-11-23/h1,4-7,14H,8-13H2,2H3,(H,24,26). The van der Waals surface area contributed by atoms with Gasteiger partial charge in [-0.3, -0.25) is 4.79 Å². The number of nitrogens with zero attached hydrogens (tertiary/aromatic N) is 1. The third-order valence-corrected chi connectivity index (χ3v) is 8.78. The molecule has 6 heteroatoms. The molecule has 4 nitrogen and oxygen atoms in total. The summed E-state index contributed by atoms with van der Waals surface area (Å²) in [5.41, 5.74) is 1.99. The molecule has 1 N–H and O–H groups in total. The van der Waals surface area contributed by atoms with Gasteiger partial charge in [0.05, 0.1) is 15.0 Å². The zero-order valence-corrected chi connectivity index (χ0v) is 17.9. The van der Waals surface area contributed by atoms with E-state index in [2.05, 4.69) is 17.5 Å². The molecule has 2 aliphatic rings. The van der Waals surface area contributed by atoms with E-state index in [4.69, 9.17) is 15.8 Å². The average Bonchev–Trinajstić information content (AvgIpc) is 3.61. The number of hydrogen-bond acceptors (Lipinski definition) is 5. The minimum atomic E-state index is -0.132. The van der Waals surface area contributed by atoms with Gasteiger partial charge in [-0.25, -0.2) is 4.98 Å². The molecule has 2 saturated carbocycles. The summed E-state index contributed by atoms with van der Waals surface area (Å²) in [5, 5.41) is 4.19. The Morgan fingerprint density at radius 1 is 1.31 bits per heavy atom. The van der Waals surface area contributed by atoms with Crippen molar-refractivity contribution in [1.29, 1.82) is 0 Å². The third-order valence-electron chi connectivity index (χ3n) is 6.13. The first-order chi connectivity index (χ1) is 14.1. The quantitative estimate of drug-likeness (QED) is 0.540. The van der Waals surface area contributed by atoms with Crippen LogP contribution in [0.5, 0.6) is 0 Å². The van der Waals surface area contributed by atoms with E-state index in [0.29, 0.717) is 12.3 Å². The maximum atomic E-state index is 12.5. The van der Waals surface area contributed by atoms with E-state index in [1.165, 1.54) is 0 Å². The zero-order chi connectivity index (χ0) is 20.1. The first-order valence-electron chi connectivity index (χ1n) is 9.89. The SMILES string of the molecule is C#Cc1ccc2nc(C3(CCNC(=O)c4ccc(C5(SC)CC5)o4)CC3)sc2c1. The van der Waals surface area contributed by atoms with Gasteiger partial charge in [0.15, 0.2) is 5.76 Å². The van der Waals surface area contributed by atoms with Gasteiger partial charge in [-0.1, -0.05) is 5.92 Å². The first-order valence-corrected chi connectivity index (χ1v) is 11.9. The lowest BCUT2D eigenvalue weighted by atomic mass is 10.0. The molecule has 1 aromatic carbocycles. The molecular formula is C23H22N2O2S2. The average molecular weight is 423 g/mol. The fourth-order valence-electron chi connectivity index (χ4n) is 3.83. The van der Waals surface area contributed by atoms with Crippen molar-refractivity contribution in [3.8, 4) is 12.3 Å². The Bertz CT molecular complexity index is 1130. The summed E-state index contributed by atoms with van der Waals surface area (Å²) in [7, 11) is 0. The number of carbonyl (C=O) groups is 1. The molecular weight excluding hydrogens is 400 g/mol. The molecule has 2 heterocycles. The maximum Gasteiger partial charge on any atom is 0.286 e. The third kappa shape index (κ3) is 3.37. The smallest absolute Gasteiger partial charge is 0.286 e. The molecule has 0 atom stereocenters. The number of thiazole rings is 1. The molecule has 0 saturated heterocycles. The molecule has 0 spiro atoms. The Hall–Kier alpha value is -2.23. The Kier molecular flexibility index (Phi) is 4.49. The van der Waals surface area contributed by atoms with Crippen LogP contribution in [-0.2, 0) is 10.2 Å². The molecule has 0 radical (unpaired) electrons. The molecule has 3 aromatic rings. The summed E-state index contributed by atoms with van der Waals surface area (Å²) in [6, 6.07) is 9.71. The van der Waals surface area contributed by atoms with Crippen LogP contribution in [0.25, 0.3) is 10.2 Å². The second-order valence-electron chi connectivity index (χ2n) is 7.99. The molecule has 148 valence electrons. The number of rotatable bonds is 7. The minimum absolute atomic E-state index is 0.0958. The fourth-order valence-corrected chi connectivity index (χ4v) is 5.94. The maximum absolute atomic E-state index is 12.5. The van der Waals surface area contributed by atoms with E-state index < -0.39 is 0 Å². The van der Waals surface area contributed by atoms with Crippen LogP contribution in [0.2, 0.25) is 0 Å². The van der Waals surface area contributed by atoms with Crippen LogP contribution in [0.1, 0.15) is 59.0 Å². The second-order valence-corrected chi connectivity index (χ2v) is 10.2. The number of terminal acetylenes is 1. The summed E-state index contributed by atoms with van der Waals surface area (Å²) in [6.07, 6.45) is 13.0. The predicted octanol–water partition coefficient (Wildman–Crippen LogP) is 5.07. The van der Waals surface area contributed by atoms with Gasteiger partial charge in [-0.05, 0) is 68.7 Å². The van der Waals surface area contributed by atoms with Crippen LogP contribution >= 0.6 is 23.1 Å². The fraction of sp³-hybridized carbons (Fsp3) is 0.391. The molecule has 0 bridgehead atoms. The Morgan fingerprint density at radius 3 is 2.83 bits per heavy atom. The zero-order valence-electron chi connectivity index (χ0n) is 16.3. The van der Waals surface area contributed by atoms with Gasteiger partial charge in [0, 0.05) is 17.5 Å². The molecule has 1 amide bonds. The molecule has 2 aromatic heterocycles. The number of aromatic nitrogens is 1. The number of thioether (sulfide) groups is 1. The number of benzene rings is 1. The van der Waals surface area contributed by atoms with E-state index in [0.717, 1.165) is 58.7 Å². The predicted molar refractivity (Wildman–Crippen MR) is 119 cm³/mol. The van der Waals surface area contributed by atoms with Crippen molar-refractivity contribution in [2.24, 2.45) is 0 Å². The number of nitrogens with one attached hydrogen (secondary N) is 1. The van der Waals surface area contributed by atoms with Gasteiger partial charge in [-0.2, -0.15) is 11.8 Å². The molecule has 29 heavy (non-hydrogen) atoms. The van der Waals surface area contributed by atoms with Crippen molar-refractivity contribution in [3.63, 3.8) is 0 Å². The highest BCUT2D eigenvalue weighted by Crippen LogP contribution is 2.56. The number of amides is 1. The Labute approximate surface area is 178 Å². The lowest BCUT2D eigenvalue weighted by molar-refractivity contribution is 0.0922. The summed E-state index contributed by atoms with van der Waals surface area (Å²) in [6.45, 7) is 0.619. The van der Waals surface area contributed by atoms with Crippen LogP contribution in [-0.4, -0.2) is 23.7 Å². The van der Waals surface area contributed by atoms with Crippen LogP contribution in [0.15, 0.2) is 34.7 Å². The first kappa shape index (κ1) is 18.8. The van der Waals surface area contributed by atoms with Gasteiger partial charge in [-0.15, -0.1) is 17.8 Å². The highest BCUT2D eigenvalue weighted by atomic mass is 32.2. The Morgan fingerprint density at radius 2 is 2.14 bits per heavy atom. The van der Waals surface area contributed by atoms with Crippen molar-refractivity contribution in [2.75, 3.05) is 12.8 Å². The van der Waals surface area contributed by atoms with Gasteiger partial charge >= 0.3 is 0 Å². The van der Waals surface area contributed by atoms with Gasteiger partial charge in [0.1, 0.15) is 10.8 Å². The molecule has 2 aliphatic carbocycles. The largest absolute Gasteiger partial charge is 0.454 e. The van der Waals surface area contributed by atoms with Crippen LogP contribution in [0.4, 0.5) is 0 Å². The lowest BCUT2D eigenvalue weighted by Crippen LogP contribution is -2.26. The molecule has 5 rings (SSSR count). The number of fused-ring (bicyclic) bond motifs is 1. The summed E-state index contributed by atoms with van der Waals surface area (Å²) < 4.78 is 7.08. The summed E-state index contributed by atoms with van der Waals surface area (Å²) >= 11 is 3.53. The van der Waals surface area contributed by atoms with Crippen molar-refractivity contribution in [2.45, 2.75) is 42.3 Å². The Balaban J connectivity index is 1.22. The number of hydrogen-bond donors (Lipinski definition) is 1. The van der Waals surface area contributed by atoms with Crippen molar-refractivity contribution in [3.05, 3.63) is 52.4 Å². The van der Waals surface area contributed by atoms with E-state index in [1.807, 2.05) is 24.3 Å². The minimum Gasteiger partial charge on any atom is -0.454 e.